The van der Waals surface area contributed by atoms with Gasteiger partial charge in [-0.1, -0.05) is 54.2 Å². The summed E-state index contributed by atoms with van der Waals surface area (Å²) in [4.78, 5) is 0. The molecule has 0 radical (unpaired) electrons. The highest BCUT2D eigenvalue weighted by molar-refractivity contribution is 7.99. The molecule has 1 aliphatic rings. The number of nitrogens with zero attached hydrogens (tertiary/aromatic N) is 4. The summed E-state index contributed by atoms with van der Waals surface area (Å²) in [6.45, 7) is 0. The number of rotatable bonds is 3. The molecule has 3 aromatic rings. The van der Waals surface area contributed by atoms with Gasteiger partial charge in [0.1, 0.15) is 5.75 Å². The van der Waals surface area contributed by atoms with Gasteiger partial charge in [-0.05, 0) is 17.7 Å². The highest BCUT2D eigenvalue weighted by Gasteiger charge is 2.22. The maximum absolute atomic E-state index is 5.44. The molecule has 0 saturated carbocycles. The van der Waals surface area contributed by atoms with Gasteiger partial charge in [-0.3, -0.25) is 0 Å². The molecule has 4 rings (SSSR count). The highest BCUT2D eigenvalue weighted by atomic mass is 32.2. The Morgan fingerprint density at radius 3 is 2.61 bits per heavy atom. The van der Waals surface area contributed by atoms with Gasteiger partial charge < -0.3 is 4.74 Å². The van der Waals surface area contributed by atoms with E-state index >= 15 is 0 Å². The fourth-order valence-electron chi connectivity index (χ4n) is 2.50. The minimum Gasteiger partial charge on any atom is -0.496 e. The van der Waals surface area contributed by atoms with Crippen molar-refractivity contribution in [2.75, 3.05) is 12.9 Å². The number of fused-ring (bicyclic) bond motifs is 1. The van der Waals surface area contributed by atoms with E-state index in [0.29, 0.717) is 5.82 Å². The first-order chi connectivity index (χ1) is 11.4. The van der Waals surface area contributed by atoms with Crippen molar-refractivity contribution in [3.8, 4) is 17.1 Å². The molecule has 0 bridgehead atoms. The van der Waals surface area contributed by atoms with Gasteiger partial charge in [-0.2, -0.15) is 9.78 Å². The number of aromatic nitrogens is 3. The molecule has 0 amide bonds. The summed E-state index contributed by atoms with van der Waals surface area (Å²) in [7, 11) is 1.65. The van der Waals surface area contributed by atoms with E-state index in [-0.39, 0.29) is 0 Å². The molecule has 114 valence electrons. The van der Waals surface area contributed by atoms with Crippen LogP contribution in [0.15, 0.2) is 64.9 Å². The molecule has 0 atom stereocenters. The average molecular weight is 322 g/mol. The summed E-state index contributed by atoms with van der Waals surface area (Å²) >= 11 is 1.64. The summed E-state index contributed by atoms with van der Waals surface area (Å²) in [5.41, 5.74) is 3.01. The molecule has 0 spiro atoms. The Morgan fingerprint density at radius 2 is 1.78 bits per heavy atom. The largest absolute Gasteiger partial charge is 0.496 e. The maximum Gasteiger partial charge on any atom is 0.212 e. The lowest BCUT2D eigenvalue weighted by molar-refractivity contribution is 0.416. The van der Waals surface area contributed by atoms with E-state index in [1.165, 1.54) is 0 Å². The van der Waals surface area contributed by atoms with Gasteiger partial charge in [0.25, 0.3) is 0 Å². The lowest BCUT2D eigenvalue weighted by atomic mass is 10.1. The normalized spacial score (nSPS) is 13.3. The van der Waals surface area contributed by atoms with E-state index in [0.717, 1.165) is 33.5 Å². The van der Waals surface area contributed by atoms with Crippen LogP contribution in [0.5, 0.6) is 5.75 Å². The van der Waals surface area contributed by atoms with Crippen molar-refractivity contribution in [2.24, 2.45) is 5.10 Å². The molecule has 1 aliphatic heterocycles. The predicted molar refractivity (Wildman–Crippen MR) is 91.1 cm³/mol. The van der Waals surface area contributed by atoms with E-state index in [9.17, 15) is 0 Å². The van der Waals surface area contributed by atoms with Crippen LogP contribution in [0.3, 0.4) is 0 Å². The zero-order chi connectivity index (χ0) is 15.6. The zero-order valence-electron chi connectivity index (χ0n) is 12.5. The van der Waals surface area contributed by atoms with Gasteiger partial charge in [0, 0.05) is 5.75 Å². The Hall–Kier alpha value is -2.60. The molecule has 1 aromatic heterocycles. The molecule has 2 aromatic carbocycles. The monoisotopic (exact) mass is 322 g/mol. The molecule has 6 heteroatoms. The molecular formula is C17H14N4OS. The van der Waals surface area contributed by atoms with Crippen molar-refractivity contribution in [1.29, 1.82) is 0 Å². The lowest BCUT2D eigenvalue weighted by Crippen LogP contribution is -2.13. The van der Waals surface area contributed by atoms with Crippen LogP contribution in [0.1, 0.15) is 5.56 Å². The van der Waals surface area contributed by atoms with Crippen LogP contribution in [0.25, 0.3) is 11.4 Å². The first-order valence-corrected chi connectivity index (χ1v) is 8.20. The van der Waals surface area contributed by atoms with Crippen molar-refractivity contribution < 1.29 is 4.74 Å². The Kier molecular flexibility index (Phi) is 3.59. The fraction of sp³-hybridized carbons (Fsp3) is 0.118. The van der Waals surface area contributed by atoms with Crippen LogP contribution < -0.4 is 4.74 Å². The number of thioether (sulfide) groups is 1. The lowest BCUT2D eigenvalue weighted by Gasteiger charge is -2.14. The summed E-state index contributed by atoms with van der Waals surface area (Å²) < 4.78 is 7.24. The van der Waals surface area contributed by atoms with Gasteiger partial charge in [0.2, 0.25) is 5.16 Å². The van der Waals surface area contributed by atoms with Gasteiger partial charge in [0.15, 0.2) is 5.82 Å². The molecule has 2 heterocycles. The van der Waals surface area contributed by atoms with E-state index in [1.807, 2.05) is 42.5 Å². The minimum atomic E-state index is 0.693. The van der Waals surface area contributed by atoms with Gasteiger partial charge in [0.05, 0.1) is 18.4 Å². The van der Waals surface area contributed by atoms with Crippen molar-refractivity contribution in [3.63, 3.8) is 0 Å². The highest BCUT2D eigenvalue weighted by Crippen LogP contribution is 2.32. The third kappa shape index (κ3) is 2.51. The Bertz CT molecular complexity index is 873. The first-order valence-electron chi connectivity index (χ1n) is 7.21. The smallest absolute Gasteiger partial charge is 0.212 e. The standard InChI is InChI=1S/C17H14N4OS/c1-22-15-10-6-5-9-13(15)16-18-19-17-21(16)20-14(11-23-17)12-7-3-2-4-8-12/h2-10H,11H2,1H3. The molecule has 0 aliphatic carbocycles. The average Bonchev–Trinajstić information content (AvgIpc) is 3.05. The van der Waals surface area contributed by atoms with E-state index in [4.69, 9.17) is 9.84 Å². The zero-order valence-corrected chi connectivity index (χ0v) is 13.3. The number of benzene rings is 2. The number of hydrogen-bond donors (Lipinski definition) is 0. The number of hydrogen-bond acceptors (Lipinski definition) is 5. The molecule has 0 fully saturated rings. The third-order valence-electron chi connectivity index (χ3n) is 3.63. The van der Waals surface area contributed by atoms with Crippen LogP contribution in [0.2, 0.25) is 0 Å². The topological polar surface area (TPSA) is 52.3 Å². The van der Waals surface area contributed by atoms with Crippen molar-refractivity contribution in [2.45, 2.75) is 5.16 Å². The number of methoxy groups -OCH3 is 1. The SMILES string of the molecule is COc1ccccc1-c1nnc2n1N=C(c1ccccc1)CS2. The number of para-hydroxylation sites is 1. The summed E-state index contributed by atoms with van der Waals surface area (Å²) in [6.07, 6.45) is 0. The van der Waals surface area contributed by atoms with E-state index in [2.05, 4.69) is 22.3 Å². The minimum absolute atomic E-state index is 0.693. The quantitative estimate of drug-likeness (QED) is 0.742. The molecule has 0 unspecified atom stereocenters. The molecule has 5 nitrogen and oxygen atoms in total. The number of ether oxygens (including phenoxy) is 1. The van der Waals surface area contributed by atoms with Crippen molar-refractivity contribution in [3.05, 3.63) is 60.2 Å². The summed E-state index contributed by atoms with van der Waals surface area (Å²) in [5, 5.41) is 14.1. The Balaban J connectivity index is 1.83. The van der Waals surface area contributed by atoms with Gasteiger partial charge in [-0.25, -0.2) is 0 Å². The fourth-order valence-corrected chi connectivity index (χ4v) is 3.34. The second kappa shape index (κ2) is 5.89. The summed E-state index contributed by atoms with van der Waals surface area (Å²) in [6, 6.07) is 17.9. The third-order valence-corrected chi connectivity index (χ3v) is 4.56. The van der Waals surface area contributed by atoms with Gasteiger partial charge >= 0.3 is 0 Å². The second-order valence-electron chi connectivity index (χ2n) is 5.02. The van der Waals surface area contributed by atoms with Crippen LogP contribution in [0, 0.1) is 0 Å². The molecular weight excluding hydrogens is 308 g/mol. The van der Waals surface area contributed by atoms with E-state index < -0.39 is 0 Å². The summed E-state index contributed by atoms with van der Waals surface area (Å²) in [5.74, 6) is 2.24. The molecule has 0 saturated heterocycles. The van der Waals surface area contributed by atoms with Crippen molar-refractivity contribution >= 4 is 17.5 Å². The second-order valence-corrected chi connectivity index (χ2v) is 5.96. The van der Waals surface area contributed by atoms with Crippen LogP contribution >= 0.6 is 11.8 Å². The Morgan fingerprint density at radius 1 is 1.00 bits per heavy atom. The molecule has 23 heavy (non-hydrogen) atoms. The Labute approximate surface area is 138 Å². The first kappa shape index (κ1) is 14.0. The van der Waals surface area contributed by atoms with Crippen LogP contribution in [-0.4, -0.2) is 33.4 Å². The molecule has 0 N–H and O–H groups in total. The van der Waals surface area contributed by atoms with E-state index in [1.54, 1.807) is 23.5 Å². The maximum atomic E-state index is 5.44. The van der Waals surface area contributed by atoms with Crippen molar-refractivity contribution in [1.82, 2.24) is 14.9 Å². The van der Waals surface area contributed by atoms with Crippen LogP contribution in [-0.2, 0) is 0 Å². The predicted octanol–water partition coefficient (Wildman–Crippen LogP) is 3.31. The van der Waals surface area contributed by atoms with Gasteiger partial charge in [-0.15, -0.1) is 10.2 Å². The van der Waals surface area contributed by atoms with Crippen LogP contribution in [0.4, 0.5) is 0 Å².